The first-order valence-corrected chi connectivity index (χ1v) is 6.35. The molecule has 16 heavy (non-hydrogen) atoms. The van der Waals surface area contributed by atoms with Crippen molar-refractivity contribution in [1.82, 2.24) is 0 Å². The van der Waals surface area contributed by atoms with Gasteiger partial charge in [0.25, 0.3) is 0 Å². The molecule has 0 N–H and O–H groups in total. The Kier molecular flexibility index (Phi) is 2.99. The molecule has 92 valence electrons. The van der Waals surface area contributed by atoms with E-state index in [9.17, 15) is 4.79 Å². The quantitative estimate of drug-likeness (QED) is 0.645. The van der Waals surface area contributed by atoms with Gasteiger partial charge in [0.15, 0.2) is 6.10 Å². The minimum absolute atomic E-state index is 0.195. The van der Waals surface area contributed by atoms with Crippen LogP contribution in [0.25, 0.3) is 0 Å². The summed E-state index contributed by atoms with van der Waals surface area (Å²) in [5, 5.41) is 0. The molecule has 1 heterocycles. The minimum atomic E-state index is -0.623. The van der Waals surface area contributed by atoms with Gasteiger partial charge in [-0.3, -0.25) is 0 Å². The molecule has 4 atom stereocenters. The van der Waals surface area contributed by atoms with E-state index in [2.05, 4.69) is 20.8 Å². The SMILES string of the molecule is CC(C)[C@@H]1CC[C@@H](C)C[C@]12OC(=O)[C@H](C)O2. The van der Waals surface area contributed by atoms with Gasteiger partial charge in [-0.15, -0.1) is 0 Å². The Morgan fingerprint density at radius 2 is 2.00 bits per heavy atom. The maximum atomic E-state index is 11.6. The molecule has 1 aliphatic heterocycles. The van der Waals surface area contributed by atoms with Crippen LogP contribution in [0, 0.1) is 17.8 Å². The third kappa shape index (κ3) is 1.86. The van der Waals surface area contributed by atoms with Gasteiger partial charge in [-0.1, -0.05) is 20.8 Å². The summed E-state index contributed by atoms with van der Waals surface area (Å²) in [5.41, 5.74) is 0. The molecule has 1 aliphatic carbocycles. The number of rotatable bonds is 1. The van der Waals surface area contributed by atoms with E-state index in [1.165, 1.54) is 6.42 Å². The fourth-order valence-electron chi connectivity index (χ4n) is 3.14. The van der Waals surface area contributed by atoms with Crippen molar-refractivity contribution >= 4 is 5.97 Å². The fraction of sp³-hybridized carbons (Fsp3) is 0.923. The first-order chi connectivity index (χ1) is 7.44. The Morgan fingerprint density at radius 1 is 1.31 bits per heavy atom. The van der Waals surface area contributed by atoms with Crippen LogP contribution in [0.3, 0.4) is 0 Å². The van der Waals surface area contributed by atoms with Crippen LogP contribution >= 0.6 is 0 Å². The molecule has 0 aromatic carbocycles. The third-order valence-electron chi connectivity index (χ3n) is 3.95. The van der Waals surface area contributed by atoms with E-state index in [1.807, 2.05) is 0 Å². The van der Waals surface area contributed by atoms with Gasteiger partial charge in [0.1, 0.15) is 0 Å². The predicted molar refractivity (Wildman–Crippen MR) is 60.7 cm³/mol. The average molecular weight is 226 g/mol. The summed E-state index contributed by atoms with van der Waals surface area (Å²) < 4.78 is 11.5. The summed E-state index contributed by atoms with van der Waals surface area (Å²) in [7, 11) is 0. The Hall–Kier alpha value is -0.570. The van der Waals surface area contributed by atoms with Gasteiger partial charge in [-0.2, -0.15) is 0 Å². The Balaban J connectivity index is 2.23. The van der Waals surface area contributed by atoms with E-state index < -0.39 is 11.9 Å². The molecule has 0 bridgehead atoms. The van der Waals surface area contributed by atoms with Crippen molar-refractivity contribution in [1.29, 1.82) is 0 Å². The van der Waals surface area contributed by atoms with E-state index in [-0.39, 0.29) is 5.97 Å². The number of ether oxygens (including phenoxy) is 2. The molecule has 2 rings (SSSR count). The smallest absolute Gasteiger partial charge is 0.337 e. The van der Waals surface area contributed by atoms with Crippen LogP contribution in [0.2, 0.25) is 0 Å². The maximum absolute atomic E-state index is 11.6. The lowest BCUT2D eigenvalue weighted by Gasteiger charge is -2.43. The van der Waals surface area contributed by atoms with Crippen molar-refractivity contribution in [2.24, 2.45) is 17.8 Å². The van der Waals surface area contributed by atoms with Crippen LogP contribution in [-0.4, -0.2) is 17.9 Å². The normalized spacial score (nSPS) is 44.1. The summed E-state index contributed by atoms with van der Waals surface area (Å²) in [4.78, 5) is 11.6. The minimum Gasteiger partial charge on any atom is -0.431 e. The molecule has 1 saturated heterocycles. The molecular formula is C13H22O3. The summed E-state index contributed by atoms with van der Waals surface area (Å²) in [6.45, 7) is 8.36. The van der Waals surface area contributed by atoms with Crippen LogP contribution in [-0.2, 0) is 14.3 Å². The van der Waals surface area contributed by atoms with Crippen LogP contribution < -0.4 is 0 Å². The number of hydrogen-bond acceptors (Lipinski definition) is 3. The summed E-state index contributed by atoms with van der Waals surface area (Å²) in [5.74, 6) is 0.596. The number of hydrogen-bond donors (Lipinski definition) is 0. The molecule has 3 nitrogen and oxygen atoms in total. The summed E-state index contributed by atoms with van der Waals surface area (Å²) >= 11 is 0. The average Bonchev–Trinajstić information content (AvgIpc) is 2.41. The summed E-state index contributed by atoms with van der Waals surface area (Å²) in [6, 6.07) is 0. The summed E-state index contributed by atoms with van der Waals surface area (Å²) in [6.07, 6.45) is 2.76. The predicted octanol–water partition coefficient (Wildman–Crippen LogP) is 2.74. The van der Waals surface area contributed by atoms with Gasteiger partial charge in [-0.05, 0) is 31.6 Å². The van der Waals surface area contributed by atoms with Crippen molar-refractivity contribution in [2.75, 3.05) is 0 Å². The zero-order chi connectivity index (χ0) is 11.9. The van der Waals surface area contributed by atoms with Gasteiger partial charge in [0, 0.05) is 12.3 Å². The van der Waals surface area contributed by atoms with Crippen molar-refractivity contribution in [3.8, 4) is 0 Å². The Bertz CT molecular complexity index is 287. The maximum Gasteiger partial charge on any atom is 0.337 e. The van der Waals surface area contributed by atoms with Crippen LogP contribution in [0.4, 0.5) is 0 Å². The molecule has 1 saturated carbocycles. The van der Waals surface area contributed by atoms with Gasteiger partial charge < -0.3 is 9.47 Å². The van der Waals surface area contributed by atoms with E-state index >= 15 is 0 Å². The lowest BCUT2D eigenvalue weighted by molar-refractivity contribution is -0.235. The lowest BCUT2D eigenvalue weighted by Crippen LogP contribution is -2.46. The van der Waals surface area contributed by atoms with Crippen molar-refractivity contribution < 1.29 is 14.3 Å². The van der Waals surface area contributed by atoms with E-state index in [0.29, 0.717) is 17.8 Å². The Labute approximate surface area is 97.5 Å². The highest BCUT2D eigenvalue weighted by atomic mass is 16.8. The second kappa shape index (κ2) is 4.02. The van der Waals surface area contributed by atoms with Crippen molar-refractivity contribution in [3.05, 3.63) is 0 Å². The molecule has 3 heteroatoms. The molecule has 0 amide bonds. The molecule has 2 aliphatic rings. The molecular weight excluding hydrogens is 204 g/mol. The highest BCUT2D eigenvalue weighted by Crippen LogP contribution is 2.47. The second-order valence-electron chi connectivity index (χ2n) is 5.73. The van der Waals surface area contributed by atoms with Crippen LogP contribution in [0.5, 0.6) is 0 Å². The standard InChI is InChI=1S/C13H22O3/c1-8(2)11-6-5-9(3)7-13(11)15-10(4)12(14)16-13/h8-11H,5-7H2,1-4H3/t9-,10+,11+,13+/m1/s1. The zero-order valence-corrected chi connectivity index (χ0v) is 10.7. The fourth-order valence-corrected chi connectivity index (χ4v) is 3.14. The molecule has 0 radical (unpaired) electrons. The van der Waals surface area contributed by atoms with Gasteiger partial charge in [-0.25, -0.2) is 4.79 Å². The lowest BCUT2D eigenvalue weighted by atomic mass is 9.73. The highest BCUT2D eigenvalue weighted by molar-refractivity contribution is 5.76. The molecule has 0 unspecified atom stereocenters. The third-order valence-corrected chi connectivity index (χ3v) is 3.95. The zero-order valence-electron chi connectivity index (χ0n) is 10.7. The second-order valence-corrected chi connectivity index (χ2v) is 5.73. The Morgan fingerprint density at radius 3 is 2.50 bits per heavy atom. The van der Waals surface area contributed by atoms with Crippen LogP contribution in [0.15, 0.2) is 0 Å². The molecule has 0 aromatic heterocycles. The van der Waals surface area contributed by atoms with Crippen molar-refractivity contribution in [3.63, 3.8) is 0 Å². The van der Waals surface area contributed by atoms with E-state index in [4.69, 9.17) is 9.47 Å². The monoisotopic (exact) mass is 226 g/mol. The van der Waals surface area contributed by atoms with Crippen LogP contribution in [0.1, 0.15) is 47.0 Å². The van der Waals surface area contributed by atoms with Crippen molar-refractivity contribution in [2.45, 2.75) is 58.8 Å². The van der Waals surface area contributed by atoms with Gasteiger partial charge in [0.2, 0.25) is 5.79 Å². The van der Waals surface area contributed by atoms with E-state index in [0.717, 1.165) is 12.8 Å². The van der Waals surface area contributed by atoms with Gasteiger partial charge >= 0.3 is 5.97 Å². The first-order valence-electron chi connectivity index (χ1n) is 6.35. The largest absolute Gasteiger partial charge is 0.431 e. The number of carbonyl (C=O) groups is 1. The highest BCUT2D eigenvalue weighted by Gasteiger charge is 2.54. The number of esters is 1. The molecule has 1 spiro atoms. The van der Waals surface area contributed by atoms with E-state index in [1.54, 1.807) is 6.92 Å². The molecule has 2 fully saturated rings. The topological polar surface area (TPSA) is 35.5 Å². The first kappa shape index (κ1) is 11.9. The molecule has 0 aromatic rings. The number of carbonyl (C=O) groups excluding carboxylic acids is 1. The van der Waals surface area contributed by atoms with Gasteiger partial charge in [0.05, 0.1) is 0 Å².